The predicted molar refractivity (Wildman–Crippen MR) is 60.7 cm³/mol. The van der Waals surface area contributed by atoms with Crippen LogP contribution in [0.1, 0.15) is 25.3 Å². The van der Waals surface area contributed by atoms with Crippen LogP contribution in [0, 0.1) is 12.0 Å². The number of methoxy groups -OCH3 is 1. The summed E-state index contributed by atoms with van der Waals surface area (Å²) in [4.78, 5) is 0. The maximum Gasteiger partial charge on any atom is 0.134 e. The van der Waals surface area contributed by atoms with E-state index in [-0.39, 0.29) is 0 Å². The quantitative estimate of drug-likeness (QED) is 0.554. The standard InChI is InChI=1S/C13H16O2/c1-3-4-10-15-11-9-12-7-5-6-8-13(12)14-2/h5-8H,3-4,10H2,1-2H3. The lowest BCUT2D eigenvalue weighted by Gasteiger charge is -2.00. The van der Waals surface area contributed by atoms with Crippen molar-refractivity contribution in [2.45, 2.75) is 19.8 Å². The fourth-order valence-corrected chi connectivity index (χ4v) is 1.11. The van der Waals surface area contributed by atoms with Gasteiger partial charge in [0.2, 0.25) is 0 Å². The molecule has 0 aliphatic heterocycles. The molecule has 0 unspecified atom stereocenters. The summed E-state index contributed by atoms with van der Waals surface area (Å²) in [7, 11) is 1.64. The summed E-state index contributed by atoms with van der Waals surface area (Å²) in [5.41, 5.74) is 0.858. The van der Waals surface area contributed by atoms with Crippen LogP contribution in [0.25, 0.3) is 0 Å². The van der Waals surface area contributed by atoms with E-state index in [1.807, 2.05) is 24.3 Å². The highest BCUT2D eigenvalue weighted by Gasteiger charge is 1.96. The van der Waals surface area contributed by atoms with Gasteiger partial charge in [-0.1, -0.05) is 25.5 Å². The Bertz CT molecular complexity index is 347. The van der Waals surface area contributed by atoms with Gasteiger partial charge in [0.1, 0.15) is 18.5 Å². The first-order valence-electron chi connectivity index (χ1n) is 5.14. The molecule has 1 aromatic rings. The Morgan fingerprint density at radius 1 is 1.27 bits per heavy atom. The third-order valence-electron chi connectivity index (χ3n) is 1.96. The molecule has 15 heavy (non-hydrogen) atoms. The van der Waals surface area contributed by atoms with Crippen LogP contribution in [0.2, 0.25) is 0 Å². The molecule has 0 heterocycles. The average molecular weight is 204 g/mol. The third kappa shape index (κ3) is 3.95. The van der Waals surface area contributed by atoms with Crippen LogP contribution in [-0.2, 0) is 4.74 Å². The Labute approximate surface area is 91.2 Å². The third-order valence-corrected chi connectivity index (χ3v) is 1.96. The second-order valence-electron chi connectivity index (χ2n) is 3.13. The molecule has 0 aliphatic carbocycles. The van der Waals surface area contributed by atoms with Crippen molar-refractivity contribution >= 4 is 0 Å². The number of hydrogen-bond donors (Lipinski definition) is 0. The fourth-order valence-electron chi connectivity index (χ4n) is 1.11. The van der Waals surface area contributed by atoms with Gasteiger partial charge in [-0.3, -0.25) is 0 Å². The summed E-state index contributed by atoms with van der Waals surface area (Å²) in [5, 5.41) is 0. The molecule has 0 spiro atoms. The van der Waals surface area contributed by atoms with Crippen LogP contribution in [-0.4, -0.2) is 13.7 Å². The van der Waals surface area contributed by atoms with E-state index < -0.39 is 0 Å². The summed E-state index contributed by atoms with van der Waals surface area (Å²) in [6, 6.07) is 7.64. The van der Waals surface area contributed by atoms with Crippen molar-refractivity contribution in [1.82, 2.24) is 0 Å². The first kappa shape index (κ1) is 11.5. The Morgan fingerprint density at radius 3 is 2.80 bits per heavy atom. The smallest absolute Gasteiger partial charge is 0.134 e. The summed E-state index contributed by atoms with van der Waals surface area (Å²) < 4.78 is 10.3. The van der Waals surface area contributed by atoms with Crippen molar-refractivity contribution < 1.29 is 9.47 Å². The van der Waals surface area contributed by atoms with E-state index in [0.29, 0.717) is 6.61 Å². The van der Waals surface area contributed by atoms with Gasteiger partial charge < -0.3 is 9.47 Å². The monoisotopic (exact) mass is 204 g/mol. The van der Waals surface area contributed by atoms with E-state index in [9.17, 15) is 0 Å². The summed E-state index contributed by atoms with van der Waals surface area (Å²) in [6.45, 7) is 2.82. The highest BCUT2D eigenvalue weighted by Crippen LogP contribution is 2.15. The Kier molecular flexibility index (Phi) is 5.18. The molecule has 0 bridgehead atoms. The Morgan fingerprint density at radius 2 is 2.07 bits per heavy atom. The van der Waals surface area contributed by atoms with Crippen LogP contribution in [0.5, 0.6) is 5.75 Å². The zero-order chi connectivity index (χ0) is 10.9. The predicted octanol–water partition coefficient (Wildman–Crippen LogP) is 2.82. The largest absolute Gasteiger partial charge is 0.495 e. The van der Waals surface area contributed by atoms with Crippen LogP contribution >= 0.6 is 0 Å². The lowest BCUT2D eigenvalue weighted by molar-refractivity contribution is 0.271. The van der Waals surface area contributed by atoms with E-state index in [2.05, 4.69) is 19.0 Å². The Hall–Kier alpha value is -1.62. The molecule has 2 nitrogen and oxygen atoms in total. The molecular formula is C13H16O2. The number of rotatable bonds is 4. The molecule has 0 radical (unpaired) electrons. The second-order valence-corrected chi connectivity index (χ2v) is 3.13. The van der Waals surface area contributed by atoms with Gasteiger partial charge in [-0.15, -0.1) is 0 Å². The molecule has 1 rings (SSSR count). The molecule has 0 atom stereocenters. The molecule has 0 saturated heterocycles. The molecule has 0 amide bonds. The highest BCUT2D eigenvalue weighted by molar-refractivity contribution is 5.45. The summed E-state index contributed by atoms with van der Waals surface area (Å²) in [6.07, 6.45) is 4.84. The SMILES string of the molecule is CCCCOC#Cc1ccccc1OC. The summed E-state index contributed by atoms with van der Waals surface area (Å²) in [5.74, 6) is 3.71. The number of hydrogen-bond acceptors (Lipinski definition) is 2. The number of benzene rings is 1. The molecule has 0 fully saturated rings. The maximum absolute atomic E-state index is 5.17. The fraction of sp³-hybridized carbons (Fsp3) is 0.385. The van der Waals surface area contributed by atoms with E-state index >= 15 is 0 Å². The minimum absolute atomic E-state index is 0.693. The minimum atomic E-state index is 0.693. The average Bonchev–Trinajstić information content (AvgIpc) is 2.29. The molecule has 80 valence electrons. The number of unbranched alkanes of at least 4 members (excludes halogenated alkanes) is 1. The van der Waals surface area contributed by atoms with Crippen molar-refractivity contribution in [3.63, 3.8) is 0 Å². The van der Waals surface area contributed by atoms with Crippen LogP contribution in [0.15, 0.2) is 24.3 Å². The van der Waals surface area contributed by atoms with E-state index in [0.717, 1.165) is 24.2 Å². The van der Waals surface area contributed by atoms with Gasteiger partial charge in [0.15, 0.2) is 0 Å². The van der Waals surface area contributed by atoms with E-state index in [1.165, 1.54) is 0 Å². The number of ether oxygens (including phenoxy) is 2. The minimum Gasteiger partial charge on any atom is -0.495 e. The van der Waals surface area contributed by atoms with Crippen LogP contribution < -0.4 is 4.74 Å². The molecule has 0 aromatic heterocycles. The number of para-hydroxylation sites is 1. The normalized spacial score (nSPS) is 8.93. The van der Waals surface area contributed by atoms with Gasteiger partial charge in [-0.25, -0.2) is 0 Å². The Balaban J connectivity index is 2.55. The topological polar surface area (TPSA) is 18.5 Å². The summed E-state index contributed by atoms with van der Waals surface area (Å²) >= 11 is 0. The zero-order valence-electron chi connectivity index (χ0n) is 9.25. The first-order valence-corrected chi connectivity index (χ1v) is 5.14. The molecule has 0 saturated carbocycles. The molecule has 0 aliphatic rings. The van der Waals surface area contributed by atoms with Gasteiger partial charge in [0.25, 0.3) is 0 Å². The zero-order valence-corrected chi connectivity index (χ0v) is 9.25. The molecular weight excluding hydrogens is 188 g/mol. The van der Waals surface area contributed by atoms with Gasteiger partial charge in [-0.05, 0) is 24.5 Å². The lowest BCUT2D eigenvalue weighted by atomic mass is 10.2. The van der Waals surface area contributed by atoms with Crippen molar-refractivity contribution in [2.75, 3.05) is 13.7 Å². The van der Waals surface area contributed by atoms with Crippen molar-refractivity contribution in [3.05, 3.63) is 29.8 Å². The van der Waals surface area contributed by atoms with Crippen LogP contribution in [0.4, 0.5) is 0 Å². The highest BCUT2D eigenvalue weighted by atomic mass is 16.5. The lowest BCUT2D eigenvalue weighted by Crippen LogP contribution is -1.88. The van der Waals surface area contributed by atoms with Crippen molar-refractivity contribution in [1.29, 1.82) is 0 Å². The first-order chi connectivity index (χ1) is 7.38. The second kappa shape index (κ2) is 6.78. The molecule has 2 heteroatoms. The van der Waals surface area contributed by atoms with Crippen molar-refractivity contribution in [2.24, 2.45) is 0 Å². The molecule has 0 N–H and O–H groups in total. The van der Waals surface area contributed by atoms with Gasteiger partial charge in [-0.2, -0.15) is 0 Å². The van der Waals surface area contributed by atoms with Gasteiger partial charge in [0, 0.05) is 0 Å². The van der Waals surface area contributed by atoms with Gasteiger partial charge in [0.05, 0.1) is 12.7 Å². The maximum atomic E-state index is 5.17. The van der Waals surface area contributed by atoms with Crippen molar-refractivity contribution in [3.8, 4) is 17.8 Å². The van der Waals surface area contributed by atoms with Crippen LogP contribution in [0.3, 0.4) is 0 Å². The van der Waals surface area contributed by atoms with Gasteiger partial charge >= 0.3 is 0 Å². The van der Waals surface area contributed by atoms with E-state index in [1.54, 1.807) is 7.11 Å². The molecule has 1 aromatic carbocycles. The van der Waals surface area contributed by atoms with E-state index in [4.69, 9.17) is 9.47 Å².